The lowest BCUT2D eigenvalue weighted by Crippen LogP contribution is -2.53. The number of benzene rings is 1. The van der Waals surface area contributed by atoms with Crippen LogP contribution in [0.2, 0.25) is 0 Å². The summed E-state index contributed by atoms with van der Waals surface area (Å²) in [7, 11) is 2.19. The SMILES string of the molecule is CC(CCc1ccccc1)NN1CCN(C)CC1. The number of piperazine rings is 1. The van der Waals surface area contributed by atoms with Crippen LogP contribution in [-0.4, -0.2) is 49.2 Å². The van der Waals surface area contributed by atoms with E-state index >= 15 is 0 Å². The van der Waals surface area contributed by atoms with Crippen LogP contribution in [0.1, 0.15) is 18.9 Å². The summed E-state index contributed by atoms with van der Waals surface area (Å²) in [5.74, 6) is 0. The second-order valence-electron chi connectivity index (χ2n) is 5.34. The minimum atomic E-state index is 0.550. The van der Waals surface area contributed by atoms with Crippen molar-refractivity contribution in [1.29, 1.82) is 0 Å². The van der Waals surface area contributed by atoms with Crippen molar-refractivity contribution in [1.82, 2.24) is 15.3 Å². The minimum absolute atomic E-state index is 0.550. The van der Waals surface area contributed by atoms with Crippen LogP contribution in [-0.2, 0) is 6.42 Å². The number of hydrazine groups is 1. The Hall–Kier alpha value is -0.900. The molecule has 1 aromatic carbocycles. The molecule has 1 atom stereocenters. The third kappa shape index (κ3) is 4.41. The van der Waals surface area contributed by atoms with Crippen LogP contribution >= 0.6 is 0 Å². The molecular weight excluding hydrogens is 222 g/mol. The monoisotopic (exact) mass is 247 g/mol. The lowest BCUT2D eigenvalue weighted by atomic mass is 10.1. The number of nitrogens with one attached hydrogen (secondary N) is 1. The second kappa shape index (κ2) is 6.88. The second-order valence-corrected chi connectivity index (χ2v) is 5.34. The molecule has 0 aromatic heterocycles. The molecule has 1 N–H and O–H groups in total. The summed E-state index contributed by atoms with van der Waals surface area (Å²) < 4.78 is 0. The average molecular weight is 247 g/mol. The molecule has 0 radical (unpaired) electrons. The van der Waals surface area contributed by atoms with E-state index in [1.165, 1.54) is 25.1 Å². The predicted octanol–water partition coefficient (Wildman–Crippen LogP) is 1.76. The fourth-order valence-electron chi connectivity index (χ4n) is 2.34. The Labute approximate surface area is 111 Å². The number of aryl methyl sites for hydroxylation is 1. The number of rotatable bonds is 5. The topological polar surface area (TPSA) is 18.5 Å². The summed E-state index contributed by atoms with van der Waals surface area (Å²) >= 11 is 0. The van der Waals surface area contributed by atoms with E-state index in [0.29, 0.717) is 6.04 Å². The summed E-state index contributed by atoms with van der Waals surface area (Å²) in [5.41, 5.74) is 5.05. The van der Waals surface area contributed by atoms with Crippen molar-refractivity contribution in [2.45, 2.75) is 25.8 Å². The van der Waals surface area contributed by atoms with Gasteiger partial charge in [0.2, 0.25) is 0 Å². The highest BCUT2D eigenvalue weighted by atomic mass is 15.5. The lowest BCUT2D eigenvalue weighted by Gasteiger charge is -2.34. The van der Waals surface area contributed by atoms with Crippen molar-refractivity contribution in [2.75, 3.05) is 33.2 Å². The van der Waals surface area contributed by atoms with Gasteiger partial charge in [-0.1, -0.05) is 30.3 Å². The van der Waals surface area contributed by atoms with Gasteiger partial charge >= 0.3 is 0 Å². The van der Waals surface area contributed by atoms with E-state index in [9.17, 15) is 0 Å². The van der Waals surface area contributed by atoms with Crippen LogP contribution in [0, 0.1) is 0 Å². The van der Waals surface area contributed by atoms with Gasteiger partial charge in [-0.05, 0) is 32.4 Å². The third-order valence-corrected chi connectivity index (χ3v) is 3.62. The smallest absolute Gasteiger partial charge is 0.0259 e. The third-order valence-electron chi connectivity index (χ3n) is 3.62. The molecule has 0 spiro atoms. The molecule has 0 aliphatic carbocycles. The Bertz CT molecular complexity index is 331. The molecule has 1 saturated heterocycles. The van der Waals surface area contributed by atoms with Gasteiger partial charge in [-0.3, -0.25) is 5.43 Å². The van der Waals surface area contributed by atoms with Gasteiger partial charge in [0.25, 0.3) is 0 Å². The largest absolute Gasteiger partial charge is 0.304 e. The fraction of sp³-hybridized carbons (Fsp3) is 0.600. The number of nitrogens with zero attached hydrogens (tertiary/aromatic N) is 2. The van der Waals surface area contributed by atoms with Gasteiger partial charge in [-0.15, -0.1) is 0 Å². The van der Waals surface area contributed by atoms with Gasteiger partial charge < -0.3 is 4.90 Å². The molecular formula is C15H25N3. The summed E-state index contributed by atoms with van der Waals surface area (Å²) in [5, 5.41) is 2.37. The Morgan fingerprint density at radius 1 is 1.11 bits per heavy atom. The van der Waals surface area contributed by atoms with E-state index < -0.39 is 0 Å². The molecule has 3 heteroatoms. The zero-order chi connectivity index (χ0) is 12.8. The Balaban J connectivity index is 1.67. The molecule has 0 amide bonds. The average Bonchev–Trinajstić information content (AvgIpc) is 2.40. The lowest BCUT2D eigenvalue weighted by molar-refractivity contribution is 0.0883. The normalized spacial score (nSPS) is 19.9. The van der Waals surface area contributed by atoms with Crippen LogP contribution in [0.5, 0.6) is 0 Å². The number of hydrogen-bond donors (Lipinski definition) is 1. The standard InChI is InChI=1S/C15H25N3/c1-14(8-9-15-6-4-3-5-7-15)16-18-12-10-17(2)11-13-18/h3-7,14,16H,8-13H2,1-2H3. The van der Waals surface area contributed by atoms with E-state index in [1.807, 2.05) is 0 Å². The summed E-state index contributed by atoms with van der Waals surface area (Å²) in [4.78, 5) is 2.38. The van der Waals surface area contributed by atoms with Crippen molar-refractivity contribution in [2.24, 2.45) is 0 Å². The van der Waals surface area contributed by atoms with E-state index in [2.05, 4.69) is 59.6 Å². The molecule has 1 heterocycles. The first-order chi connectivity index (χ1) is 8.74. The van der Waals surface area contributed by atoms with Crippen LogP contribution in [0.3, 0.4) is 0 Å². The Morgan fingerprint density at radius 2 is 1.78 bits per heavy atom. The molecule has 1 aromatic rings. The molecule has 18 heavy (non-hydrogen) atoms. The van der Waals surface area contributed by atoms with Crippen molar-refractivity contribution in [3.05, 3.63) is 35.9 Å². The van der Waals surface area contributed by atoms with Crippen LogP contribution in [0.15, 0.2) is 30.3 Å². The van der Waals surface area contributed by atoms with Crippen molar-refractivity contribution in [3.63, 3.8) is 0 Å². The molecule has 1 fully saturated rings. The fourth-order valence-corrected chi connectivity index (χ4v) is 2.34. The number of likely N-dealkylation sites (N-methyl/N-ethyl adjacent to an activating group) is 1. The van der Waals surface area contributed by atoms with Crippen molar-refractivity contribution in [3.8, 4) is 0 Å². The van der Waals surface area contributed by atoms with Crippen LogP contribution in [0.4, 0.5) is 0 Å². The van der Waals surface area contributed by atoms with Gasteiger partial charge in [0.05, 0.1) is 0 Å². The predicted molar refractivity (Wildman–Crippen MR) is 76.4 cm³/mol. The summed E-state index contributed by atoms with van der Waals surface area (Å²) in [6.45, 7) is 6.87. The maximum absolute atomic E-state index is 3.62. The van der Waals surface area contributed by atoms with Gasteiger partial charge in [-0.2, -0.15) is 0 Å². The van der Waals surface area contributed by atoms with Gasteiger partial charge in [0, 0.05) is 32.2 Å². The van der Waals surface area contributed by atoms with E-state index in [-0.39, 0.29) is 0 Å². The molecule has 0 bridgehead atoms. The molecule has 1 aliphatic heterocycles. The molecule has 1 unspecified atom stereocenters. The van der Waals surface area contributed by atoms with Crippen LogP contribution in [0.25, 0.3) is 0 Å². The first-order valence-corrected chi connectivity index (χ1v) is 6.97. The molecule has 0 saturated carbocycles. The van der Waals surface area contributed by atoms with Gasteiger partial charge in [0.1, 0.15) is 0 Å². The highest BCUT2D eigenvalue weighted by Crippen LogP contribution is 2.06. The molecule has 3 nitrogen and oxygen atoms in total. The van der Waals surface area contributed by atoms with Crippen molar-refractivity contribution < 1.29 is 0 Å². The van der Waals surface area contributed by atoms with Gasteiger partial charge in [0.15, 0.2) is 0 Å². The minimum Gasteiger partial charge on any atom is -0.304 e. The Morgan fingerprint density at radius 3 is 2.44 bits per heavy atom. The first-order valence-electron chi connectivity index (χ1n) is 6.97. The quantitative estimate of drug-likeness (QED) is 0.855. The van der Waals surface area contributed by atoms with E-state index in [0.717, 1.165) is 19.5 Å². The maximum atomic E-state index is 3.62. The zero-order valence-electron chi connectivity index (χ0n) is 11.6. The van der Waals surface area contributed by atoms with E-state index in [1.54, 1.807) is 0 Å². The highest BCUT2D eigenvalue weighted by Gasteiger charge is 2.15. The maximum Gasteiger partial charge on any atom is 0.0259 e. The van der Waals surface area contributed by atoms with E-state index in [4.69, 9.17) is 0 Å². The summed E-state index contributed by atoms with van der Waals surface area (Å²) in [6.07, 6.45) is 2.35. The van der Waals surface area contributed by atoms with Crippen LogP contribution < -0.4 is 5.43 Å². The zero-order valence-corrected chi connectivity index (χ0v) is 11.6. The Kier molecular flexibility index (Phi) is 5.17. The molecule has 100 valence electrons. The molecule has 1 aliphatic rings. The van der Waals surface area contributed by atoms with Gasteiger partial charge in [-0.25, -0.2) is 5.01 Å². The molecule has 2 rings (SSSR count). The highest BCUT2D eigenvalue weighted by molar-refractivity contribution is 5.14. The summed E-state index contributed by atoms with van der Waals surface area (Å²) in [6, 6.07) is 11.3. The van der Waals surface area contributed by atoms with Crippen molar-refractivity contribution >= 4 is 0 Å². The number of hydrogen-bond acceptors (Lipinski definition) is 3. The first kappa shape index (κ1) is 13.5.